The van der Waals surface area contributed by atoms with Gasteiger partial charge in [-0.3, -0.25) is 9.59 Å². The van der Waals surface area contributed by atoms with E-state index < -0.39 is 18.8 Å². The molecule has 0 saturated heterocycles. The van der Waals surface area contributed by atoms with Gasteiger partial charge in [0.15, 0.2) is 18.1 Å². The van der Waals surface area contributed by atoms with Crippen molar-refractivity contribution in [3.05, 3.63) is 24.3 Å². The average Bonchev–Trinajstić information content (AvgIpc) is 2.65. The van der Waals surface area contributed by atoms with Crippen LogP contribution in [0.15, 0.2) is 24.3 Å². The number of benzene rings is 1. The number of halogens is 3. The highest BCUT2D eigenvalue weighted by Crippen LogP contribution is 2.60. The van der Waals surface area contributed by atoms with Gasteiger partial charge in [-0.25, -0.2) is 0 Å². The summed E-state index contributed by atoms with van der Waals surface area (Å²) in [4.78, 5) is 25.0. The number of para-hydroxylation sites is 2. The minimum atomic E-state index is -4.49. The Bertz CT molecular complexity index is 773. The van der Waals surface area contributed by atoms with Gasteiger partial charge in [0, 0.05) is 12.0 Å². The van der Waals surface area contributed by atoms with Crippen molar-refractivity contribution in [1.29, 1.82) is 0 Å². The van der Waals surface area contributed by atoms with Gasteiger partial charge in [0.25, 0.3) is 0 Å². The van der Waals surface area contributed by atoms with Crippen molar-refractivity contribution in [2.45, 2.75) is 51.1 Å². The summed E-state index contributed by atoms with van der Waals surface area (Å²) in [5.74, 6) is 1.13. The Morgan fingerprint density at radius 2 is 1.57 bits per heavy atom. The summed E-state index contributed by atoms with van der Waals surface area (Å²) in [6, 6.07) is 5.72. The first-order chi connectivity index (χ1) is 14.2. The molecule has 0 aliphatic heterocycles. The van der Waals surface area contributed by atoms with Crippen molar-refractivity contribution < 1.29 is 32.2 Å². The Labute approximate surface area is 173 Å². The molecule has 0 atom stereocenters. The Balaban J connectivity index is 1.26. The zero-order valence-electron chi connectivity index (χ0n) is 16.7. The van der Waals surface area contributed by atoms with Crippen LogP contribution in [0.4, 0.5) is 13.2 Å². The zero-order valence-corrected chi connectivity index (χ0v) is 16.7. The summed E-state index contributed by atoms with van der Waals surface area (Å²) in [6.07, 6.45) is 2.01. The van der Waals surface area contributed by atoms with Crippen LogP contribution in [0.25, 0.3) is 0 Å². The summed E-state index contributed by atoms with van der Waals surface area (Å²) in [5.41, 5.74) is -0.281. The molecule has 0 radical (unpaired) electrons. The number of nitrogens with one attached hydrogen (secondary N) is 1. The van der Waals surface area contributed by atoms with E-state index in [2.05, 4.69) is 5.32 Å². The maximum absolute atomic E-state index is 12.9. The fraction of sp³-hybridized carbons (Fsp3) is 0.636. The van der Waals surface area contributed by atoms with E-state index in [1.165, 1.54) is 43.5 Å². The van der Waals surface area contributed by atoms with Gasteiger partial charge in [-0.15, -0.1) is 0 Å². The number of alkyl halides is 3. The molecule has 1 amide bonds. The summed E-state index contributed by atoms with van der Waals surface area (Å²) < 4.78 is 47.0. The molecule has 30 heavy (non-hydrogen) atoms. The van der Waals surface area contributed by atoms with Crippen LogP contribution < -0.4 is 14.8 Å². The molecule has 4 bridgehead atoms. The van der Waals surface area contributed by atoms with Gasteiger partial charge in [0.2, 0.25) is 5.91 Å². The second-order valence-electron chi connectivity index (χ2n) is 9.03. The molecule has 0 spiro atoms. The number of carbonyl (C=O) groups excluding carboxylic acids is 2. The van der Waals surface area contributed by atoms with Crippen LogP contribution in [0, 0.1) is 23.2 Å². The third-order valence-electron chi connectivity index (χ3n) is 6.60. The third-order valence-corrected chi connectivity index (χ3v) is 6.60. The minimum Gasteiger partial charge on any atom is -0.480 e. The lowest BCUT2D eigenvalue weighted by atomic mass is 9.49. The fourth-order valence-electron chi connectivity index (χ4n) is 5.84. The van der Waals surface area contributed by atoms with E-state index >= 15 is 0 Å². The van der Waals surface area contributed by atoms with Crippen molar-refractivity contribution in [2.75, 3.05) is 13.2 Å². The highest BCUT2D eigenvalue weighted by molar-refractivity contribution is 5.83. The van der Waals surface area contributed by atoms with E-state index in [-0.39, 0.29) is 35.8 Å². The SMILES string of the molecule is O=C(CCNC(=O)C12CC3CC(CC(C3)C1)C2)Oc1ccccc1OCC(F)(F)F. The van der Waals surface area contributed by atoms with Gasteiger partial charge in [-0.2, -0.15) is 13.2 Å². The van der Waals surface area contributed by atoms with Crippen molar-refractivity contribution in [3.8, 4) is 11.5 Å². The van der Waals surface area contributed by atoms with E-state index in [1.54, 1.807) is 0 Å². The average molecular weight is 425 g/mol. The van der Waals surface area contributed by atoms with Crippen molar-refractivity contribution in [3.63, 3.8) is 0 Å². The minimum absolute atomic E-state index is 0.0308. The second-order valence-corrected chi connectivity index (χ2v) is 9.03. The maximum Gasteiger partial charge on any atom is 0.422 e. The van der Waals surface area contributed by atoms with E-state index in [4.69, 9.17) is 9.47 Å². The molecule has 5 rings (SSSR count). The van der Waals surface area contributed by atoms with Gasteiger partial charge < -0.3 is 14.8 Å². The molecule has 0 heterocycles. The quantitative estimate of drug-likeness (QED) is 0.524. The number of rotatable bonds is 7. The molecule has 5 nitrogen and oxygen atoms in total. The lowest BCUT2D eigenvalue weighted by Gasteiger charge is -2.55. The van der Waals surface area contributed by atoms with E-state index in [9.17, 15) is 22.8 Å². The highest BCUT2D eigenvalue weighted by atomic mass is 19.4. The van der Waals surface area contributed by atoms with Gasteiger partial charge in [-0.05, 0) is 68.4 Å². The largest absolute Gasteiger partial charge is 0.480 e. The van der Waals surface area contributed by atoms with Crippen molar-refractivity contribution in [1.82, 2.24) is 5.32 Å². The summed E-state index contributed by atoms with van der Waals surface area (Å²) in [5, 5.41) is 2.90. The van der Waals surface area contributed by atoms with Crippen LogP contribution in [0.2, 0.25) is 0 Å². The van der Waals surface area contributed by atoms with E-state index in [0.717, 1.165) is 19.3 Å². The monoisotopic (exact) mass is 425 g/mol. The molecule has 1 N–H and O–H groups in total. The standard InChI is InChI=1S/C22H26F3NO4/c23-22(24,25)13-29-17-3-1-2-4-18(17)30-19(27)5-6-26-20(28)21-10-14-7-15(11-21)9-16(8-14)12-21/h1-4,14-16H,5-13H2,(H,26,28). The third kappa shape index (κ3) is 4.73. The maximum atomic E-state index is 12.9. The van der Waals surface area contributed by atoms with Crippen LogP contribution in [-0.2, 0) is 9.59 Å². The smallest absolute Gasteiger partial charge is 0.422 e. The molecule has 0 unspecified atom stereocenters. The lowest BCUT2D eigenvalue weighted by Crippen LogP contribution is -2.53. The van der Waals surface area contributed by atoms with Crippen LogP contribution in [0.5, 0.6) is 11.5 Å². The van der Waals surface area contributed by atoms with Crippen LogP contribution >= 0.6 is 0 Å². The van der Waals surface area contributed by atoms with Crippen molar-refractivity contribution in [2.24, 2.45) is 23.2 Å². The van der Waals surface area contributed by atoms with Gasteiger partial charge >= 0.3 is 12.1 Å². The summed E-state index contributed by atoms with van der Waals surface area (Å²) >= 11 is 0. The first kappa shape index (κ1) is 21.0. The Morgan fingerprint density at radius 1 is 1.00 bits per heavy atom. The number of ether oxygens (including phenoxy) is 2. The topological polar surface area (TPSA) is 64.6 Å². The first-order valence-electron chi connectivity index (χ1n) is 10.5. The highest BCUT2D eigenvalue weighted by Gasteiger charge is 2.54. The number of carbonyl (C=O) groups is 2. The molecule has 8 heteroatoms. The molecule has 1 aromatic rings. The predicted octanol–water partition coefficient (Wildman–Crippen LogP) is 4.26. The molecular weight excluding hydrogens is 399 g/mol. The Kier molecular flexibility index (Phi) is 5.68. The zero-order chi connectivity index (χ0) is 21.4. The molecule has 0 aromatic heterocycles. The number of amides is 1. The van der Waals surface area contributed by atoms with Gasteiger partial charge in [-0.1, -0.05) is 12.1 Å². The first-order valence-corrected chi connectivity index (χ1v) is 10.5. The molecule has 164 valence electrons. The predicted molar refractivity (Wildman–Crippen MR) is 102 cm³/mol. The molecule has 4 aliphatic carbocycles. The Hall–Kier alpha value is -2.25. The summed E-state index contributed by atoms with van der Waals surface area (Å²) in [7, 11) is 0. The molecule has 4 fully saturated rings. The molecule has 4 saturated carbocycles. The lowest BCUT2D eigenvalue weighted by molar-refractivity contribution is -0.153. The van der Waals surface area contributed by atoms with Gasteiger partial charge in [0.05, 0.1) is 6.42 Å². The summed E-state index contributed by atoms with van der Waals surface area (Å²) in [6.45, 7) is -1.33. The molecule has 4 aliphatic rings. The fourth-order valence-corrected chi connectivity index (χ4v) is 5.84. The van der Waals surface area contributed by atoms with Crippen LogP contribution in [0.3, 0.4) is 0 Å². The van der Waals surface area contributed by atoms with Crippen LogP contribution in [-0.4, -0.2) is 31.2 Å². The number of hydrogen-bond acceptors (Lipinski definition) is 4. The number of esters is 1. The van der Waals surface area contributed by atoms with E-state index in [0.29, 0.717) is 17.8 Å². The van der Waals surface area contributed by atoms with Crippen molar-refractivity contribution >= 4 is 11.9 Å². The van der Waals surface area contributed by atoms with Gasteiger partial charge in [0.1, 0.15) is 0 Å². The Morgan fingerprint density at radius 3 is 2.13 bits per heavy atom. The second kappa shape index (κ2) is 8.12. The van der Waals surface area contributed by atoms with Crippen LogP contribution in [0.1, 0.15) is 44.9 Å². The number of hydrogen-bond donors (Lipinski definition) is 1. The van der Waals surface area contributed by atoms with E-state index in [1.807, 2.05) is 0 Å². The molecular formula is C22H26F3NO4. The molecule has 1 aromatic carbocycles. The normalized spacial score (nSPS) is 29.5.